The highest BCUT2D eigenvalue weighted by Crippen LogP contribution is 2.32. The van der Waals surface area contributed by atoms with Crippen molar-refractivity contribution in [1.82, 2.24) is 9.47 Å². The average Bonchev–Trinajstić information content (AvgIpc) is 2.88. The van der Waals surface area contributed by atoms with Crippen LogP contribution in [0.2, 0.25) is 0 Å². The van der Waals surface area contributed by atoms with E-state index in [-0.39, 0.29) is 18.6 Å². The molecule has 0 aromatic carbocycles. The number of hydrogen-bond acceptors (Lipinski definition) is 3. The molecule has 2 heterocycles. The molecule has 1 saturated carbocycles. The van der Waals surface area contributed by atoms with E-state index in [9.17, 15) is 14.7 Å². The first-order valence-corrected chi connectivity index (χ1v) is 9.24. The number of aliphatic carboxylic acids is 1. The number of carbonyl (C=O) groups is 2. The van der Waals surface area contributed by atoms with Crippen molar-refractivity contribution in [2.24, 2.45) is 0 Å². The van der Waals surface area contributed by atoms with E-state index in [1.54, 1.807) is 11.8 Å². The first-order valence-electron chi connectivity index (χ1n) is 9.24. The Hall–Kier alpha value is -1.82. The van der Waals surface area contributed by atoms with Crippen molar-refractivity contribution in [3.05, 3.63) is 23.0 Å². The van der Waals surface area contributed by atoms with Gasteiger partial charge < -0.3 is 19.3 Å². The molecule has 0 radical (unpaired) electrons. The number of hydrogen-bond donors (Lipinski definition) is 1. The number of morpholine rings is 1. The highest BCUT2D eigenvalue weighted by Gasteiger charge is 2.34. The Bertz CT molecular complexity index is 661. The van der Waals surface area contributed by atoms with Crippen molar-refractivity contribution in [1.29, 1.82) is 0 Å². The first-order chi connectivity index (χ1) is 11.9. The number of ether oxygens (including phenoxy) is 1. The summed E-state index contributed by atoms with van der Waals surface area (Å²) in [7, 11) is 0. The van der Waals surface area contributed by atoms with E-state index in [4.69, 9.17) is 4.74 Å². The molecule has 1 aliphatic heterocycles. The first kappa shape index (κ1) is 18.0. The predicted molar refractivity (Wildman–Crippen MR) is 93.9 cm³/mol. The van der Waals surface area contributed by atoms with Crippen molar-refractivity contribution in [3.8, 4) is 0 Å². The highest BCUT2D eigenvalue weighted by molar-refractivity contribution is 5.96. The van der Waals surface area contributed by atoms with Gasteiger partial charge in [0.25, 0.3) is 5.91 Å². The van der Waals surface area contributed by atoms with Gasteiger partial charge in [-0.15, -0.1) is 0 Å². The van der Waals surface area contributed by atoms with Crippen LogP contribution in [0.15, 0.2) is 6.07 Å². The Morgan fingerprint density at radius 2 is 1.84 bits per heavy atom. The number of aromatic nitrogens is 1. The van der Waals surface area contributed by atoms with Gasteiger partial charge >= 0.3 is 5.97 Å². The second kappa shape index (κ2) is 7.20. The molecule has 2 atom stereocenters. The normalized spacial score (nSPS) is 25.2. The molecule has 1 unspecified atom stereocenters. The second-order valence-electron chi connectivity index (χ2n) is 7.43. The number of aryl methyl sites for hydroxylation is 1. The third kappa shape index (κ3) is 3.59. The molecule has 138 valence electrons. The summed E-state index contributed by atoms with van der Waals surface area (Å²) in [6.07, 6.45) is 4.89. The number of carbonyl (C=O) groups excluding carboxylic acids is 1. The predicted octanol–water partition coefficient (Wildman–Crippen LogP) is 2.92. The largest absolute Gasteiger partial charge is 0.479 e. The van der Waals surface area contributed by atoms with E-state index in [1.807, 2.05) is 13.0 Å². The van der Waals surface area contributed by atoms with Gasteiger partial charge in [0, 0.05) is 24.0 Å². The molecule has 6 heteroatoms. The minimum absolute atomic E-state index is 0.0865. The molecular weight excluding hydrogens is 320 g/mol. The van der Waals surface area contributed by atoms with Gasteiger partial charge in [0.05, 0.1) is 18.2 Å². The molecule has 6 nitrogen and oxygen atoms in total. The van der Waals surface area contributed by atoms with Crippen LogP contribution < -0.4 is 0 Å². The fourth-order valence-corrected chi connectivity index (χ4v) is 4.32. The van der Waals surface area contributed by atoms with E-state index < -0.39 is 12.1 Å². The third-order valence-corrected chi connectivity index (χ3v) is 5.48. The maximum atomic E-state index is 13.0. The zero-order valence-corrected chi connectivity index (χ0v) is 15.3. The Labute approximate surface area is 148 Å². The van der Waals surface area contributed by atoms with Crippen molar-refractivity contribution < 1.29 is 19.4 Å². The Kier molecular flexibility index (Phi) is 5.18. The van der Waals surface area contributed by atoms with E-state index in [2.05, 4.69) is 11.5 Å². The van der Waals surface area contributed by atoms with Crippen molar-refractivity contribution in [2.45, 2.75) is 71.1 Å². The molecule has 2 aliphatic rings. The molecular formula is C19H28N2O4. The minimum Gasteiger partial charge on any atom is -0.479 e. The van der Waals surface area contributed by atoms with Crippen LogP contribution >= 0.6 is 0 Å². The Morgan fingerprint density at radius 3 is 2.48 bits per heavy atom. The topological polar surface area (TPSA) is 71.8 Å². The summed E-state index contributed by atoms with van der Waals surface area (Å²) in [5.41, 5.74) is 2.81. The summed E-state index contributed by atoms with van der Waals surface area (Å²) in [6, 6.07) is 2.44. The standard InChI is InChI=1S/C19H28N2O4/c1-12-9-16(14(3)21(12)15-7-5-4-6-8-15)18(22)20-10-13(2)25-17(11-20)19(23)24/h9,13,15,17H,4-8,10-11H2,1-3H3,(H,23,24)/t13-,17?/m1/s1. The van der Waals surface area contributed by atoms with Gasteiger partial charge in [-0.1, -0.05) is 19.3 Å². The highest BCUT2D eigenvalue weighted by atomic mass is 16.5. The Balaban J connectivity index is 1.83. The van der Waals surface area contributed by atoms with Crippen LogP contribution in [-0.2, 0) is 9.53 Å². The van der Waals surface area contributed by atoms with Gasteiger partial charge in [0.1, 0.15) is 0 Å². The molecule has 0 bridgehead atoms. The van der Waals surface area contributed by atoms with Crippen molar-refractivity contribution in [2.75, 3.05) is 13.1 Å². The monoisotopic (exact) mass is 348 g/mol. The molecule has 1 N–H and O–H groups in total. The van der Waals surface area contributed by atoms with Crippen LogP contribution in [0, 0.1) is 13.8 Å². The van der Waals surface area contributed by atoms with E-state index in [0.717, 1.165) is 11.4 Å². The van der Waals surface area contributed by atoms with Crippen molar-refractivity contribution in [3.63, 3.8) is 0 Å². The smallest absolute Gasteiger partial charge is 0.334 e. The summed E-state index contributed by atoms with van der Waals surface area (Å²) in [5.74, 6) is -1.10. The molecule has 3 rings (SSSR count). The molecule has 1 aliphatic carbocycles. The summed E-state index contributed by atoms with van der Waals surface area (Å²) < 4.78 is 7.73. The van der Waals surface area contributed by atoms with Crippen LogP contribution in [0.4, 0.5) is 0 Å². The lowest BCUT2D eigenvalue weighted by molar-refractivity contribution is -0.160. The molecule has 0 spiro atoms. The summed E-state index contributed by atoms with van der Waals surface area (Å²) in [4.78, 5) is 25.9. The van der Waals surface area contributed by atoms with Gasteiger partial charge in [0.2, 0.25) is 0 Å². The fraction of sp³-hybridized carbons (Fsp3) is 0.684. The van der Waals surface area contributed by atoms with E-state index >= 15 is 0 Å². The van der Waals surface area contributed by atoms with Crippen LogP contribution in [0.5, 0.6) is 0 Å². The zero-order valence-electron chi connectivity index (χ0n) is 15.3. The van der Waals surface area contributed by atoms with E-state index in [0.29, 0.717) is 18.2 Å². The van der Waals surface area contributed by atoms with Crippen molar-refractivity contribution >= 4 is 11.9 Å². The van der Waals surface area contributed by atoms with E-state index in [1.165, 1.54) is 32.1 Å². The summed E-state index contributed by atoms with van der Waals surface area (Å²) >= 11 is 0. The van der Waals surface area contributed by atoms with Gasteiger partial charge in [-0.3, -0.25) is 4.79 Å². The molecule has 1 saturated heterocycles. The number of carboxylic acid groups (broad SMARTS) is 1. The maximum Gasteiger partial charge on any atom is 0.334 e. The molecule has 1 amide bonds. The Morgan fingerprint density at radius 1 is 1.16 bits per heavy atom. The van der Waals surface area contributed by atoms with Crippen LogP contribution in [0.3, 0.4) is 0 Å². The van der Waals surface area contributed by atoms with Crippen LogP contribution in [0.25, 0.3) is 0 Å². The SMILES string of the molecule is Cc1cc(C(=O)N2CC(C(=O)O)O[C@H](C)C2)c(C)n1C1CCCCC1. The molecule has 1 aromatic heterocycles. The van der Waals surface area contributed by atoms with Crippen LogP contribution in [0.1, 0.15) is 66.8 Å². The fourth-order valence-electron chi connectivity index (χ4n) is 4.32. The lowest BCUT2D eigenvalue weighted by Crippen LogP contribution is -2.51. The average molecular weight is 348 g/mol. The lowest BCUT2D eigenvalue weighted by Gasteiger charge is -2.35. The van der Waals surface area contributed by atoms with Gasteiger partial charge in [-0.2, -0.15) is 0 Å². The third-order valence-electron chi connectivity index (χ3n) is 5.48. The number of carboxylic acids is 1. The zero-order chi connectivity index (χ0) is 18.1. The van der Waals surface area contributed by atoms with Gasteiger partial charge in [0.15, 0.2) is 6.10 Å². The lowest BCUT2D eigenvalue weighted by atomic mass is 9.95. The molecule has 1 aromatic rings. The minimum atomic E-state index is -1.02. The number of amides is 1. The second-order valence-corrected chi connectivity index (χ2v) is 7.43. The quantitative estimate of drug-likeness (QED) is 0.912. The molecule has 2 fully saturated rings. The maximum absolute atomic E-state index is 13.0. The van der Waals surface area contributed by atoms with Gasteiger partial charge in [-0.05, 0) is 39.7 Å². The molecule has 25 heavy (non-hydrogen) atoms. The number of nitrogens with zero attached hydrogens (tertiary/aromatic N) is 2. The van der Waals surface area contributed by atoms with Crippen LogP contribution in [-0.4, -0.2) is 51.7 Å². The summed E-state index contributed by atoms with van der Waals surface area (Å²) in [5, 5.41) is 9.23. The number of rotatable bonds is 3. The summed E-state index contributed by atoms with van der Waals surface area (Å²) in [6.45, 7) is 6.40. The van der Waals surface area contributed by atoms with Gasteiger partial charge in [-0.25, -0.2) is 4.79 Å².